The van der Waals surface area contributed by atoms with Crippen LogP contribution in [-0.2, 0) is 9.53 Å². The van der Waals surface area contributed by atoms with Gasteiger partial charge in [0.25, 0.3) is 0 Å². The number of nitrogens with one attached hydrogen (secondary N) is 2. The van der Waals surface area contributed by atoms with Crippen molar-refractivity contribution in [3.05, 3.63) is 11.3 Å². The molecule has 3 rings (SSSR count). The Morgan fingerprint density at radius 1 is 0.885 bits per heavy atom. The third-order valence-electron chi connectivity index (χ3n) is 7.69. The lowest BCUT2D eigenvalue weighted by Gasteiger charge is -2.60. The molecule has 0 amide bonds. The van der Waals surface area contributed by atoms with Gasteiger partial charge in [-0.15, -0.1) is 0 Å². The van der Waals surface area contributed by atoms with Gasteiger partial charge in [-0.05, 0) is 67.4 Å². The highest BCUT2D eigenvalue weighted by Gasteiger charge is 2.64. The summed E-state index contributed by atoms with van der Waals surface area (Å²) in [5.74, 6) is 1.42. The van der Waals surface area contributed by atoms with Crippen LogP contribution in [0.4, 0.5) is 0 Å². The first-order valence-corrected chi connectivity index (χ1v) is 10.1. The molecule has 1 spiro atoms. The number of carbonyl (C=O) groups is 1. The highest BCUT2D eigenvalue weighted by molar-refractivity contribution is 5.93. The molecular formula is C22H38N2O2. The van der Waals surface area contributed by atoms with Crippen LogP contribution >= 0.6 is 0 Å². The average molecular weight is 363 g/mol. The average Bonchev–Trinajstić information content (AvgIpc) is 2.47. The second-order valence-corrected chi connectivity index (χ2v) is 11.0. The number of hydrogen-bond donors (Lipinski definition) is 2. The largest absolute Gasteiger partial charge is 0.482 e. The van der Waals surface area contributed by atoms with Crippen molar-refractivity contribution < 1.29 is 9.53 Å². The summed E-state index contributed by atoms with van der Waals surface area (Å²) < 4.78 is 6.82. The van der Waals surface area contributed by atoms with Crippen LogP contribution in [0.15, 0.2) is 11.3 Å². The second-order valence-electron chi connectivity index (χ2n) is 11.0. The van der Waals surface area contributed by atoms with Gasteiger partial charge < -0.3 is 15.4 Å². The lowest BCUT2D eigenvalue weighted by atomic mass is 9.61. The van der Waals surface area contributed by atoms with Crippen molar-refractivity contribution in [2.45, 2.75) is 110 Å². The van der Waals surface area contributed by atoms with Crippen LogP contribution in [0.1, 0.15) is 82.1 Å². The van der Waals surface area contributed by atoms with Gasteiger partial charge in [0.15, 0.2) is 11.4 Å². The van der Waals surface area contributed by atoms with Crippen molar-refractivity contribution >= 4 is 5.78 Å². The van der Waals surface area contributed by atoms with E-state index in [0.717, 1.165) is 18.6 Å². The van der Waals surface area contributed by atoms with Crippen molar-refractivity contribution in [1.29, 1.82) is 0 Å². The van der Waals surface area contributed by atoms with E-state index >= 15 is 0 Å². The summed E-state index contributed by atoms with van der Waals surface area (Å²) in [5, 5.41) is 7.53. The quantitative estimate of drug-likeness (QED) is 0.685. The number of rotatable bonds is 0. The van der Waals surface area contributed by atoms with E-state index in [1.807, 2.05) is 6.92 Å². The normalized spacial score (nSPS) is 40.2. The van der Waals surface area contributed by atoms with Crippen molar-refractivity contribution in [1.82, 2.24) is 10.6 Å². The molecule has 1 fully saturated rings. The van der Waals surface area contributed by atoms with Gasteiger partial charge in [-0.25, -0.2) is 0 Å². The maximum Gasteiger partial charge on any atom is 0.184 e. The van der Waals surface area contributed by atoms with Crippen molar-refractivity contribution in [3.63, 3.8) is 0 Å². The van der Waals surface area contributed by atoms with Gasteiger partial charge in [0.2, 0.25) is 0 Å². The summed E-state index contributed by atoms with van der Waals surface area (Å²) in [4.78, 5) is 13.6. The smallest absolute Gasteiger partial charge is 0.184 e. The standard InChI is InChI=1S/C22H38N2O2/c1-13-16-15(20(7,8)23-18(13,3)4)11-12-22(26-16)17(25)14(2)19(5,6)24-21(22,9)10/h13-14,23-24H,11-12H2,1-10H3/t13-,14+,22+/m0/s1. The van der Waals surface area contributed by atoms with Gasteiger partial charge in [0.05, 0.1) is 5.54 Å². The number of hydrogen-bond acceptors (Lipinski definition) is 4. The number of carbonyl (C=O) groups excluding carboxylic acids is 1. The van der Waals surface area contributed by atoms with Crippen LogP contribution in [0.25, 0.3) is 0 Å². The first-order chi connectivity index (χ1) is 11.6. The zero-order valence-electron chi connectivity index (χ0n) is 18.4. The van der Waals surface area contributed by atoms with Crippen LogP contribution in [0.3, 0.4) is 0 Å². The Balaban J connectivity index is 2.11. The first kappa shape index (κ1) is 19.9. The van der Waals surface area contributed by atoms with Crippen LogP contribution < -0.4 is 10.6 Å². The van der Waals surface area contributed by atoms with E-state index in [4.69, 9.17) is 4.74 Å². The highest BCUT2D eigenvalue weighted by atomic mass is 16.5. The van der Waals surface area contributed by atoms with Gasteiger partial charge in [-0.2, -0.15) is 0 Å². The Hall–Kier alpha value is -0.870. The van der Waals surface area contributed by atoms with E-state index in [9.17, 15) is 4.79 Å². The Bertz CT molecular complexity index is 672. The molecule has 1 saturated heterocycles. The molecular weight excluding hydrogens is 324 g/mol. The van der Waals surface area contributed by atoms with E-state index in [2.05, 4.69) is 72.9 Å². The van der Waals surface area contributed by atoms with E-state index in [1.54, 1.807) is 0 Å². The lowest BCUT2D eigenvalue weighted by molar-refractivity contribution is -0.175. The molecule has 3 aliphatic rings. The van der Waals surface area contributed by atoms with Crippen molar-refractivity contribution in [3.8, 4) is 0 Å². The zero-order valence-corrected chi connectivity index (χ0v) is 18.4. The molecule has 0 aliphatic carbocycles. The molecule has 3 atom stereocenters. The van der Waals surface area contributed by atoms with Crippen molar-refractivity contribution in [2.75, 3.05) is 0 Å². The fourth-order valence-electron chi connectivity index (χ4n) is 5.63. The Kier molecular flexibility index (Phi) is 4.09. The predicted octanol–water partition coefficient (Wildman–Crippen LogP) is 3.95. The zero-order chi connectivity index (χ0) is 19.9. The van der Waals surface area contributed by atoms with Gasteiger partial charge in [0.1, 0.15) is 5.76 Å². The maximum atomic E-state index is 13.6. The molecule has 4 nitrogen and oxygen atoms in total. The molecule has 4 heteroatoms. The summed E-state index contributed by atoms with van der Waals surface area (Å²) in [5.41, 5.74) is -0.317. The van der Waals surface area contributed by atoms with Gasteiger partial charge >= 0.3 is 0 Å². The van der Waals surface area contributed by atoms with Crippen molar-refractivity contribution in [2.24, 2.45) is 11.8 Å². The number of piperidine rings is 1. The van der Waals surface area contributed by atoms with Crippen LogP contribution in [-0.4, -0.2) is 33.5 Å². The van der Waals surface area contributed by atoms with Gasteiger partial charge in [-0.3, -0.25) is 4.79 Å². The van der Waals surface area contributed by atoms with Gasteiger partial charge in [-0.1, -0.05) is 13.8 Å². The Morgan fingerprint density at radius 3 is 2.00 bits per heavy atom. The highest BCUT2D eigenvalue weighted by Crippen LogP contribution is 2.52. The monoisotopic (exact) mass is 362 g/mol. The minimum atomic E-state index is -0.793. The van der Waals surface area contributed by atoms with E-state index in [1.165, 1.54) is 5.57 Å². The topological polar surface area (TPSA) is 50.4 Å². The lowest BCUT2D eigenvalue weighted by Crippen LogP contribution is -2.77. The summed E-state index contributed by atoms with van der Waals surface area (Å²) in [6, 6.07) is 0. The molecule has 0 saturated carbocycles. The Morgan fingerprint density at radius 2 is 1.42 bits per heavy atom. The molecule has 0 radical (unpaired) electrons. The number of ketones is 1. The molecule has 26 heavy (non-hydrogen) atoms. The molecule has 0 aromatic carbocycles. The van der Waals surface area contributed by atoms with E-state index in [-0.39, 0.29) is 34.2 Å². The van der Waals surface area contributed by atoms with Crippen LogP contribution in [0.2, 0.25) is 0 Å². The molecule has 0 aromatic heterocycles. The third kappa shape index (κ3) is 2.51. The Labute approximate surface area is 159 Å². The van der Waals surface area contributed by atoms with Crippen LogP contribution in [0, 0.1) is 11.8 Å². The molecule has 0 bridgehead atoms. The van der Waals surface area contributed by atoms with E-state index in [0.29, 0.717) is 0 Å². The molecule has 0 aromatic rings. The maximum absolute atomic E-state index is 13.6. The summed E-state index contributed by atoms with van der Waals surface area (Å²) >= 11 is 0. The predicted molar refractivity (Wildman–Crippen MR) is 106 cm³/mol. The minimum Gasteiger partial charge on any atom is -0.482 e. The number of Topliss-reactive ketones (excluding diaryl/α,β-unsaturated/α-hetero) is 1. The fraction of sp³-hybridized carbons (Fsp3) is 0.864. The second kappa shape index (κ2) is 5.35. The number of ether oxygens (including phenoxy) is 1. The molecule has 0 unspecified atom stereocenters. The van der Waals surface area contributed by atoms with E-state index < -0.39 is 11.1 Å². The summed E-state index contributed by atoms with van der Waals surface area (Å²) in [6.45, 7) is 21.7. The first-order valence-electron chi connectivity index (χ1n) is 10.1. The minimum absolute atomic E-state index is 0.0823. The molecule has 2 N–H and O–H groups in total. The van der Waals surface area contributed by atoms with Crippen LogP contribution in [0.5, 0.6) is 0 Å². The summed E-state index contributed by atoms with van der Waals surface area (Å²) in [7, 11) is 0. The SMILES string of the molecule is C[C@@H]1C(=O)[C@]2(CCC3=C(O2)[C@H](C)C(C)(C)NC3(C)C)C(C)(C)NC1(C)C. The van der Waals surface area contributed by atoms with Gasteiger partial charge in [0, 0.05) is 34.9 Å². The fourth-order valence-corrected chi connectivity index (χ4v) is 5.63. The summed E-state index contributed by atoms with van der Waals surface area (Å²) in [6.07, 6.45) is 1.64. The molecule has 148 valence electrons. The third-order valence-corrected chi connectivity index (χ3v) is 7.69. The molecule has 3 heterocycles. The molecule has 3 aliphatic heterocycles.